The SMILES string of the molecule is O=C(O)C(F)(F)F.O=C1NCCc2[nH]c(-c3ccnc(/C=C/c4cccc(C(F)(F)F)c4)c3)cc21. The van der Waals surface area contributed by atoms with E-state index in [2.05, 4.69) is 15.3 Å². The highest BCUT2D eigenvalue weighted by molar-refractivity contribution is 5.97. The van der Waals surface area contributed by atoms with Gasteiger partial charge in [0.05, 0.1) is 16.8 Å². The number of carboxylic acids is 1. The number of aromatic amines is 1. The predicted molar refractivity (Wildman–Crippen MR) is 114 cm³/mol. The lowest BCUT2D eigenvalue weighted by molar-refractivity contribution is -0.192. The number of pyridine rings is 1. The normalized spacial score (nSPS) is 13.6. The summed E-state index contributed by atoms with van der Waals surface area (Å²) < 4.78 is 70.2. The number of hydrogen-bond acceptors (Lipinski definition) is 3. The highest BCUT2D eigenvalue weighted by Gasteiger charge is 2.38. The molecular weight excluding hydrogens is 480 g/mol. The molecule has 0 radical (unpaired) electrons. The summed E-state index contributed by atoms with van der Waals surface area (Å²) in [7, 11) is 0. The summed E-state index contributed by atoms with van der Waals surface area (Å²) in [6.45, 7) is 0.604. The highest BCUT2D eigenvalue weighted by Crippen LogP contribution is 2.30. The van der Waals surface area contributed by atoms with E-state index in [1.165, 1.54) is 6.07 Å². The van der Waals surface area contributed by atoms with Crippen LogP contribution in [0, 0.1) is 0 Å². The monoisotopic (exact) mass is 497 g/mol. The first-order chi connectivity index (χ1) is 16.3. The third-order valence-corrected chi connectivity index (χ3v) is 4.80. The van der Waals surface area contributed by atoms with Crippen molar-refractivity contribution in [1.82, 2.24) is 15.3 Å². The molecule has 0 unspecified atom stereocenters. The molecule has 6 nitrogen and oxygen atoms in total. The molecule has 4 rings (SSSR count). The molecule has 0 atom stereocenters. The zero-order chi connectivity index (χ0) is 25.8. The van der Waals surface area contributed by atoms with Gasteiger partial charge in [0, 0.05) is 36.1 Å². The van der Waals surface area contributed by atoms with Crippen LogP contribution in [0.1, 0.15) is 32.9 Å². The molecule has 0 fully saturated rings. The van der Waals surface area contributed by atoms with Crippen molar-refractivity contribution in [2.45, 2.75) is 18.8 Å². The van der Waals surface area contributed by atoms with Crippen molar-refractivity contribution in [3.63, 3.8) is 0 Å². The van der Waals surface area contributed by atoms with Gasteiger partial charge in [-0.25, -0.2) is 4.79 Å². The Balaban J connectivity index is 0.000000429. The molecular formula is C23H17F6N3O3. The van der Waals surface area contributed by atoms with Crippen LogP contribution in [0.4, 0.5) is 26.3 Å². The number of nitrogens with zero attached hydrogens (tertiary/aromatic N) is 1. The Morgan fingerprint density at radius 2 is 1.74 bits per heavy atom. The standard InChI is InChI=1S/C21H16F3N3O.C2HF3O2/c22-21(23,24)15-3-1-2-13(10-15)4-5-16-11-14(6-8-25-16)19-12-17-18(27-19)7-9-26-20(17)28;3-2(4,5)1(6)7/h1-6,8,10-12,27H,7,9H2,(H,26,28);(H,6,7)/b5-4+;. The summed E-state index contributed by atoms with van der Waals surface area (Å²) in [5.74, 6) is -2.85. The number of carbonyl (C=O) groups is 2. The van der Waals surface area contributed by atoms with Gasteiger partial charge in [0.15, 0.2) is 0 Å². The van der Waals surface area contributed by atoms with Gasteiger partial charge in [0.2, 0.25) is 0 Å². The smallest absolute Gasteiger partial charge is 0.475 e. The van der Waals surface area contributed by atoms with Crippen LogP contribution < -0.4 is 5.32 Å². The number of hydrogen-bond donors (Lipinski definition) is 3. The number of fused-ring (bicyclic) bond motifs is 1. The summed E-state index contributed by atoms with van der Waals surface area (Å²) >= 11 is 0. The minimum absolute atomic E-state index is 0.0949. The minimum Gasteiger partial charge on any atom is -0.475 e. The largest absolute Gasteiger partial charge is 0.490 e. The Morgan fingerprint density at radius 3 is 2.37 bits per heavy atom. The van der Waals surface area contributed by atoms with Gasteiger partial charge in [0.25, 0.3) is 5.91 Å². The predicted octanol–water partition coefficient (Wildman–Crippen LogP) is 5.19. The van der Waals surface area contributed by atoms with Gasteiger partial charge >= 0.3 is 18.3 Å². The van der Waals surface area contributed by atoms with Crippen molar-refractivity contribution >= 4 is 24.0 Å². The topological polar surface area (TPSA) is 95.1 Å². The zero-order valence-electron chi connectivity index (χ0n) is 17.7. The Morgan fingerprint density at radius 1 is 1.03 bits per heavy atom. The number of rotatable bonds is 3. The van der Waals surface area contributed by atoms with Gasteiger partial charge in [-0.2, -0.15) is 26.3 Å². The maximum Gasteiger partial charge on any atom is 0.490 e. The summed E-state index contributed by atoms with van der Waals surface area (Å²) in [6.07, 6.45) is -3.83. The number of halogens is 6. The Hall–Kier alpha value is -4.09. The van der Waals surface area contributed by atoms with E-state index >= 15 is 0 Å². The van der Waals surface area contributed by atoms with E-state index in [1.807, 2.05) is 12.1 Å². The van der Waals surface area contributed by atoms with E-state index in [1.54, 1.807) is 30.5 Å². The maximum atomic E-state index is 12.8. The van der Waals surface area contributed by atoms with Crippen LogP contribution in [0.3, 0.4) is 0 Å². The highest BCUT2D eigenvalue weighted by atomic mass is 19.4. The molecule has 35 heavy (non-hydrogen) atoms. The second kappa shape index (κ2) is 10.0. The van der Waals surface area contributed by atoms with E-state index in [-0.39, 0.29) is 5.91 Å². The number of amides is 1. The molecule has 3 N–H and O–H groups in total. The van der Waals surface area contributed by atoms with E-state index < -0.39 is 23.9 Å². The molecule has 3 aromatic rings. The lowest BCUT2D eigenvalue weighted by Crippen LogP contribution is -2.31. The first-order valence-electron chi connectivity index (χ1n) is 9.96. The van der Waals surface area contributed by atoms with Crippen LogP contribution in [-0.2, 0) is 17.4 Å². The fraction of sp³-hybridized carbons (Fsp3) is 0.174. The minimum atomic E-state index is -5.08. The van der Waals surface area contributed by atoms with Crippen molar-refractivity contribution in [2.75, 3.05) is 6.54 Å². The van der Waals surface area contributed by atoms with Crippen LogP contribution in [0.5, 0.6) is 0 Å². The van der Waals surface area contributed by atoms with Crippen molar-refractivity contribution in [2.24, 2.45) is 0 Å². The van der Waals surface area contributed by atoms with Crippen molar-refractivity contribution in [1.29, 1.82) is 0 Å². The van der Waals surface area contributed by atoms with Crippen molar-refractivity contribution < 1.29 is 41.0 Å². The molecule has 0 aliphatic carbocycles. The number of aromatic nitrogens is 2. The molecule has 1 aliphatic heterocycles. The van der Waals surface area contributed by atoms with Crippen molar-refractivity contribution in [3.05, 3.63) is 76.7 Å². The Bertz CT molecular complexity index is 1260. The van der Waals surface area contributed by atoms with Crippen LogP contribution >= 0.6 is 0 Å². The van der Waals surface area contributed by atoms with Crippen LogP contribution in [0.2, 0.25) is 0 Å². The molecule has 0 bridgehead atoms. The average Bonchev–Trinajstić information content (AvgIpc) is 3.23. The number of carboxylic acid groups (broad SMARTS) is 1. The molecule has 3 heterocycles. The maximum absolute atomic E-state index is 12.8. The van der Waals surface area contributed by atoms with E-state index in [4.69, 9.17) is 9.90 Å². The van der Waals surface area contributed by atoms with Crippen molar-refractivity contribution in [3.8, 4) is 11.3 Å². The van der Waals surface area contributed by atoms with Crippen LogP contribution in [0.15, 0.2) is 48.7 Å². The Kier molecular flexibility index (Phi) is 7.32. The summed E-state index contributed by atoms with van der Waals surface area (Å²) in [5, 5.41) is 9.93. The molecule has 2 aromatic heterocycles. The molecule has 1 amide bonds. The molecule has 184 valence electrons. The van der Waals surface area contributed by atoms with Crippen LogP contribution in [-0.4, -0.2) is 39.7 Å². The summed E-state index contributed by atoms with van der Waals surface area (Å²) in [5.41, 5.74) is 3.54. The number of alkyl halides is 6. The summed E-state index contributed by atoms with van der Waals surface area (Å²) in [6, 6.07) is 10.6. The first kappa shape index (κ1) is 25.5. The number of H-pyrrole nitrogens is 1. The lowest BCUT2D eigenvalue weighted by atomic mass is 10.1. The fourth-order valence-corrected chi connectivity index (χ4v) is 3.16. The van der Waals surface area contributed by atoms with Gasteiger partial charge in [-0.15, -0.1) is 0 Å². The number of aliphatic carboxylic acids is 1. The van der Waals surface area contributed by atoms with E-state index in [0.29, 0.717) is 23.4 Å². The second-order valence-corrected chi connectivity index (χ2v) is 7.31. The molecule has 1 aliphatic rings. The van der Waals surface area contributed by atoms with Crippen LogP contribution in [0.25, 0.3) is 23.4 Å². The van der Waals surface area contributed by atoms with Gasteiger partial charge < -0.3 is 15.4 Å². The van der Waals surface area contributed by atoms with Gasteiger partial charge in [-0.05, 0) is 42.0 Å². The number of carbonyl (C=O) groups excluding carboxylic acids is 1. The molecule has 1 aromatic carbocycles. The van der Waals surface area contributed by atoms with E-state index in [9.17, 15) is 31.1 Å². The lowest BCUT2D eigenvalue weighted by Gasteiger charge is -2.10. The first-order valence-corrected chi connectivity index (χ1v) is 9.96. The molecule has 0 saturated carbocycles. The zero-order valence-corrected chi connectivity index (χ0v) is 17.7. The average molecular weight is 497 g/mol. The quantitative estimate of drug-likeness (QED) is 0.435. The molecule has 0 spiro atoms. The van der Waals surface area contributed by atoms with E-state index in [0.717, 1.165) is 35.5 Å². The third-order valence-electron chi connectivity index (χ3n) is 4.80. The third kappa shape index (κ3) is 6.71. The van der Waals surface area contributed by atoms with Gasteiger partial charge in [-0.3, -0.25) is 9.78 Å². The van der Waals surface area contributed by atoms with Gasteiger partial charge in [-0.1, -0.05) is 18.2 Å². The molecule has 12 heteroatoms. The second-order valence-electron chi connectivity index (χ2n) is 7.31. The fourth-order valence-electron chi connectivity index (χ4n) is 3.16. The Labute approximate surface area is 194 Å². The number of benzene rings is 1. The summed E-state index contributed by atoms with van der Waals surface area (Å²) in [4.78, 5) is 28.3. The van der Waals surface area contributed by atoms with Gasteiger partial charge in [0.1, 0.15) is 0 Å². The molecule has 0 saturated heterocycles. The number of nitrogens with one attached hydrogen (secondary N) is 2.